The van der Waals surface area contributed by atoms with Crippen LogP contribution in [0, 0.1) is 19.7 Å². The molecule has 5 rings (SSSR count). The third-order valence-corrected chi connectivity index (χ3v) is 6.84. The van der Waals surface area contributed by atoms with Crippen LogP contribution in [0.2, 0.25) is 0 Å². The van der Waals surface area contributed by atoms with Crippen molar-refractivity contribution < 1.29 is 14.0 Å². The number of H-pyrrole nitrogens is 1. The van der Waals surface area contributed by atoms with Crippen molar-refractivity contribution in [1.29, 1.82) is 0 Å². The minimum atomic E-state index is -0.500. The number of rotatable bonds is 4. The average molecular weight is 520 g/mol. The van der Waals surface area contributed by atoms with Crippen LogP contribution in [0.25, 0.3) is 16.9 Å². The Bertz CT molecular complexity index is 1420. The topological polar surface area (TPSA) is 99.5 Å². The lowest BCUT2D eigenvalue weighted by atomic mass is 9.98. The molecule has 0 bridgehead atoms. The summed E-state index contributed by atoms with van der Waals surface area (Å²) < 4.78 is 15.0. The number of aryl methyl sites for hydroxylation is 2. The number of aromatic nitrogens is 5. The maximum absolute atomic E-state index is 13.3. The van der Waals surface area contributed by atoms with Crippen LogP contribution in [-0.2, 0) is 4.79 Å². The third-order valence-electron chi connectivity index (χ3n) is 6.84. The van der Waals surface area contributed by atoms with Gasteiger partial charge in [0.05, 0.1) is 23.6 Å². The average Bonchev–Trinajstić information content (AvgIpc) is 3.48. The predicted molar refractivity (Wildman–Crippen MR) is 143 cm³/mol. The van der Waals surface area contributed by atoms with Crippen molar-refractivity contribution in [2.45, 2.75) is 53.0 Å². The molecule has 1 aromatic carbocycles. The number of halogens is 1. The Morgan fingerprint density at radius 3 is 2.39 bits per heavy atom. The monoisotopic (exact) mass is 519 g/mol. The molecule has 0 aliphatic carbocycles. The zero-order valence-electron chi connectivity index (χ0n) is 22.7. The quantitative estimate of drug-likeness (QED) is 0.404. The lowest BCUT2D eigenvalue weighted by molar-refractivity contribution is -0.122. The molecule has 0 unspecified atom stereocenters. The van der Waals surface area contributed by atoms with Gasteiger partial charge in [0.1, 0.15) is 11.5 Å². The highest BCUT2D eigenvalue weighted by Crippen LogP contribution is 2.27. The van der Waals surface area contributed by atoms with Gasteiger partial charge in [-0.2, -0.15) is 10.2 Å². The Hall–Kier alpha value is -4.08. The van der Waals surface area contributed by atoms with Crippen molar-refractivity contribution in [3.63, 3.8) is 0 Å². The number of aromatic amines is 1. The van der Waals surface area contributed by atoms with Gasteiger partial charge in [-0.25, -0.2) is 13.9 Å². The Morgan fingerprint density at radius 1 is 1.16 bits per heavy atom. The van der Waals surface area contributed by atoms with Crippen LogP contribution in [0.5, 0.6) is 0 Å². The molecule has 2 amide bonds. The van der Waals surface area contributed by atoms with Gasteiger partial charge >= 0.3 is 0 Å². The van der Waals surface area contributed by atoms with Gasteiger partial charge in [0, 0.05) is 36.5 Å². The Balaban J connectivity index is 0.000000417. The van der Waals surface area contributed by atoms with E-state index in [0.29, 0.717) is 36.7 Å². The Kier molecular flexibility index (Phi) is 7.61. The van der Waals surface area contributed by atoms with Gasteiger partial charge in [-0.3, -0.25) is 14.7 Å². The molecule has 0 atom stereocenters. The molecule has 0 spiro atoms. The molecule has 1 saturated heterocycles. The van der Waals surface area contributed by atoms with Crippen molar-refractivity contribution in [3.05, 3.63) is 71.1 Å². The highest BCUT2D eigenvalue weighted by Gasteiger charge is 2.37. The van der Waals surface area contributed by atoms with Gasteiger partial charge in [-0.05, 0) is 69.5 Å². The van der Waals surface area contributed by atoms with E-state index in [1.807, 2.05) is 40.0 Å². The number of benzene rings is 1. The fraction of sp³-hybridized carbons (Fsp3) is 0.393. The van der Waals surface area contributed by atoms with Crippen molar-refractivity contribution >= 4 is 18.0 Å². The third kappa shape index (κ3) is 5.58. The normalized spacial score (nSPS) is 14.9. The van der Waals surface area contributed by atoms with Crippen LogP contribution >= 0.6 is 0 Å². The zero-order chi connectivity index (χ0) is 27.6. The minimum Gasteiger partial charge on any atom is -0.341 e. The van der Waals surface area contributed by atoms with E-state index in [4.69, 9.17) is 0 Å². The van der Waals surface area contributed by atoms with Crippen molar-refractivity contribution in [2.75, 3.05) is 19.6 Å². The molecule has 3 aromatic heterocycles. The SMILES string of the molecule is CC(C)c1cc(-c2ccc(F)cc2)nn2cc(C(=O)N3CCN(C=O)CC3(C)C)nc12.Cc1cn[nH]c1C. The van der Waals surface area contributed by atoms with E-state index in [9.17, 15) is 14.0 Å². The Labute approximate surface area is 221 Å². The number of fused-ring (bicyclic) bond motifs is 1. The van der Waals surface area contributed by atoms with Crippen LogP contribution in [-0.4, -0.2) is 72.1 Å². The second-order valence-electron chi connectivity index (χ2n) is 10.6. The number of nitrogens with zero attached hydrogens (tertiary/aromatic N) is 6. The second-order valence-corrected chi connectivity index (χ2v) is 10.6. The lowest BCUT2D eigenvalue weighted by Crippen LogP contribution is -2.60. The highest BCUT2D eigenvalue weighted by molar-refractivity contribution is 5.93. The summed E-state index contributed by atoms with van der Waals surface area (Å²) in [4.78, 5) is 32.6. The van der Waals surface area contributed by atoms with Gasteiger partial charge in [-0.1, -0.05) is 13.8 Å². The van der Waals surface area contributed by atoms with Crippen molar-refractivity contribution in [1.82, 2.24) is 34.6 Å². The molecule has 9 nitrogen and oxygen atoms in total. The largest absolute Gasteiger partial charge is 0.341 e. The zero-order valence-corrected chi connectivity index (χ0v) is 22.7. The Morgan fingerprint density at radius 2 is 1.87 bits per heavy atom. The van der Waals surface area contributed by atoms with Gasteiger partial charge in [0.15, 0.2) is 5.65 Å². The molecule has 200 valence electrons. The summed E-state index contributed by atoms with van der Waals surface area (Å²) in [5.74, 6) is -0.330. The van der Waals surface area contributed by atoms with E-state index in [-0.39, 0.29) is 17.6 Å². The summed E-state index contributed by atoms with van der Waals surface area (Å²) in [7, 11) is 0. The summed E-state index contributed by atoms with van der Waals surface area (Å²) in [5, 5.41) is 11.2. The number of hydrogen-bond donors (Lipinski definition) is 1. The van der Waals surface area contributed by atoms with Gasteiger partial charge in [0.25, 0.3) is 5.91 Å². The van der Waals surface area contributed by atoms with Gasteiger partial charge in [0.2, 0.25) is 6.41 Å². The molecular weight excluding hydrogens is 485 g/mol. The molecule has 1 fully saturated rings. The molecule has 10 heteroatoms. The summed E-state index contributed by atoms with van der Waals surface area (Å²) in [6.07, 6.45) is 4.29. The number of amides is 2. The molecule has 1 aliphatic rings. The van der Waals surface area contributed by atoms with E-state index < -0.39 is 5.54 Å². The smallest absolute Gasteiger partial charge is 0.274 e. The van der Waals surface area contributed by atoms with Crippen LogP contribution in [0.3, 0.4) is 0 Å². The van der Waals surface area contributed by atoms with E-state index in [2.05, 4.69) is 34.1 Å². The maximum atomic E-state index is 13.3. The standard InChI is InChI=1S/C23H26FN5O2.C5H8N2/c1-15(2)18-11-19(16-5-7-17(24)8-6-16)26-29-12-20(25-21(18)29)22(31)28-10-9-27(14-30)13-23(28,3)4;1-4-3-6-7-5(4)2/h5-8,11-12,14-15H,9-10,13H2,1-4H3;3H,1-2H3,(H,6,7). The number of piperazine rings is 1. The second kappa shape index (κ2) is 10.7. The first-order valence-electron chi connectivity index (χ1n) is 12.6. The van der Waals surface area contributed by atoms with Crippen LogP contribution in [0.15, 0.2) is 42.7 Å². The van der Waals surface area contributed by atoms with Crippen LogP contribution < -0.4 is 0 Å². The van der Waals surface area contributed by atoms with Crippen LogP contribution in [0.1, 0.15) is 60.9 Å². The predicted octanol–water partition coefficient (Wildman–Crippen LogP) is 4.38. The first-order valence-corrected chi connectivity index (χ1v) is 12.6. The minimum absolute atomic E-state index is 0.155. The molecule has 4 aromatic rings. The number of carbonyl (C=O) groups is 2. The fourth-order valence-electron chi connectivity index (χ4n) is 4.50. The van der Waals surface area contributed by atoms with Crippen molar-refractivity contribution in [2.24, 2.45) is 0 Å². The molecule has 1 aliphatic heterocycles. The van der Waals surface area contributed by atoms with E-state index in [0.717, 1.165) is 23.2 Å². The van der Waals surface area contributed by atoms with E-state index in [1.54, 1.807) is 32.6 Å². The molecule has 4 heterocycles. The summed E-state index contributed by atoms with van der Waals surface area (Å²) in [6.45, 7) is 13.5. The molecule has 1 N–H and O–H groups in total. The van der Waals surface area contributed by atoms with Gasteiger partial charge in [-0.15, -0.1) is 0 Å². The fourth-order valence-corrected chi connectivity index (χ4v) is 4.50. The van der Waals surface area contributed by atoms with Gasteiger partial charge < -0.3 is 9.80 Å². The molecule has 0 saturated carbocycles. The first kappa shape index (κ1) is 27.0. The molecule has 0 radical (unpaired) electrons. The molecule has 38 heavy (non-hydrogen) atoms. The molecular formula is C28H34FN7O2. The lowest BCUT2D eigenvalue weighted by Gasteiger charge is -2.45. The highest BCUT2D eigenvalue weighted by atomic mass is 19.1. The van der Waals surface area contributed by atoms with E-state index >= 15 is 0 Å². The number of imidazole rings is 1. The van der Waals surface area contributed by atoms with E-state index in [1.165, 1.54) is 17.7 Å². The first-order chi connectivity index (χ1) is 18.0. The van der Waals surface area contributed by atoms with Crippen molar-refractivity contribution in [3.8, 4) is 11.3 Å². The van der Waals surface area contributed by atoms with Crippen LogP contribution in [0.4, 0.5) is 4.39 Å². The number of hydrogen-bond acceptors (Lipinski definition) is 5. The maximum Gasteiger partial charge on any atom is 0.274 e. The summed E-state index contributed by atoms with van der Waals surface area (Å²) in [6, 6.07) is 8.12. The summed E-state index contributed by atoms with van der Waals surface area (Å²) in [5.41, 5.74) is 5.26. The summed E-state index contributed by atoms with van der Waals surface area (Å²) >= 11 is 0. The number of carbonyl (C=O) groups excluding carboxylic acids is 2. The number of nitrogens with one attached hydrogen (secondary N) is 1.